The summed E-state index contributed by atoms with van der Waals surface area (Å²) in [6, 6.07) is 0.583. The fraction of sp³-hybridized carbons (Fsp3) is 0.824. The van der Waals surface area contributed by atoms with Gasteiger partial charge < -0.3 is 9.88 Å². The first-order valence-corrected chi connectivity index (χ1v) is 8.55. The Hall–Kier alpha value is -0.830. The highest BCUT2D eigenvalue weighted by Crippen LogP contribution is 2.11. The van der Waals surface area contributed by atoms with E-state index < -0.39 is 0 Å². The van der Waals surface area contributed by atoms with Crippen LogP contribution in [0, 0.1) is 0 Å². The molecular weight excluding hydrogens is 246 g/mol. The van der Waals surface area contributed by atoms with Crippen molar-refractivity contribution in [1.29, 1.82) is 0 Å². The summed E-state index contributed by atoms with van der Waals surface area (Å²) in [5, 5.41) is 3.63. The molecule has 0 radical (unpaired) electrons. The van der Waals surface area contributed by atoms with Gasteiger partial charge in [-0.25, -0.2) is 4.98 Å². The minimum Gasteiger partial charge on any atom is -0.335 e. The van der Waals surface area contributed by atoms with E-state index in [1.54, 1.807) is 0 Å². The maximum atomic E-state index is 4.54. The van der Waals surface area contributed by atoms with Gasteiger partial charge in [-0.05, 0) is 19.4 Å². The normalized spacial score (nSPS) is 12.8. The molecule has 20 heavy (non-hydrogen) atoms. The van der Waals surface area contributed by atoms with E-state index in [0.29, 0.717) is 6.04 Å². The first kappa shape index (κ1) is 17.2. The van der Waals surface area contributed by atoms with Gasteiger partial charge >= 0.3 is 0 Å². The van der Waals surface area contributed by atoms with Gasteiger partial charge in [-0.1, -0.05) is 52.9 Å². The van der Waals surface area contributed by atoms with Crippen LogP contribution in [0.2, 0.25) is 0 Å². The van der Waals surface area contributed by atoms with Gasteiger partial charge in [-0.15, -0.1) is 0 Å². The van der Waals surface area contributed by atoms with Crippen LogP contribution in [0.4, 0.5) is 0 Å². The molecule has 0 amide bonds. The van der Waals surface area contributed by atoms with Crippen LogP contribution in [0.25, 0.3) is 0 Å². The van der Waals surface area contributed by atoms with Crippen LogP contribution in [0.5, 0.6) is 0 Å². The average Bonchev–Trinajstić information content (AvgIpc) is 2.86. The van der Waals surface area contributed by atoms with Crippen molar-refractivity contribution in [3.05, 3.63) is 18.2 Å². The van der Waals surface area contributed by atoms with Gasteiger partial charge in [0.25, 0.3) is 0 Å². The molecule has 0 aliphatic carbocycles. The second-order valence-corrected chi connectivity index (χ2v) is 5.70. The Labute approximate surface area is 125 Å². The molecule has 1 aromatic rings. The molecule has 1 rings (SSSR count). The Bertz CT molecular complexity index is 333. The summed E-state index contributed by atoms with van der Waals surface area (Å²) < 4.78 is 2.31. The average molecular weight is 279 g/mol. The number of nitrogens with one attached hydrogen (secondary N) is 1. The molecule has 1 aromatic heterocycles. The molecule has 116 valence electrons. The monoisotopic (exact) mass is 279 g/mol. The molecular formula is C17H33N3. The molecule has 1 atom stereocenters. The number of hydrogen-bond donors (Lipinski definition) is 1. The highest BCUT2D eigenvalue weighted by molar-refractivity contribution is 4.95. The third-order valence-corrected chi connectivity index (χ3v) is 3.84. The SMILES string of the molecule is CCCCCCCC(Cc1nccn1CCC)NCC. The molecule has 0 fully saturated rings. The second kappa shape index (κ2) is 10.9. The Balaban J connectivity index is 2.38. The number of hydrogen-bond acceptors (Lipinski definition) is 2. The topological polar surface area (TPSA) is 29.9 Å². The lowest BCUT2D eigenvalue weighted by Gasteiger charge is -2.18. The zero-order valence-electron chi connectivity index (χ0n) is 13.7. The summed E-state index contributed by atoms with van der Waals surface area (Å²) >= 11 is 0. The van der Waals surface area contributed by atoms with E-state index in [-0.39, 0.29) is 0 Å². The number of imidazole rings is 1. The lowest BCUT2D eigenvalue weighted by molar-refractivity contribution is 0.446. The number of likely N-dealkylation sites (N-methyl/N-ethyl adjacent to an activating group) is 1. The third kappa shape index (κ3) is 6.56. The van der Waals surface area contributed by atoms with E-state index in [2.05, 4.69) is 41.8 Å². The maximum absolute atomic E-state index is 4.54. The maximum Gasteiger partial charge on any atom is 0.110 e. The van der Waals surface area contributed by atoms with E-state index in [1.807, 2.05) is 6.20 Å². The van der Waals surface area contributed by atoms with Crippen LogP contribution in [0.15, 0.2) is 12.4 Å². The van der Waals surface area contributed by atoms with Crippen molar-refractivity contribution in [3.63, 3.8) is 0 Å². The lowest BCUT2D eigenvalue weighted by Crippen LogP contribution is -2.32. The molecule has 0 saturated carbocycles. The molecule has 3 heteroatoms. The number of aryl methyl sites for hydroxylation is 1. The Morgan fingerprint density at radius 2 is 1.90 bits per heavy atom. The van der Waals surface area contributed by atoms with Crippen LogP contribution in [0.3, 0.4) is 0 Å². The standard InChI is InChI=1S/C17H33N3/c1-4-7-8-9-10-11-16(18-6-3)15-17-19-12-14-20(17)13-5-2/h12,14,16,18H,4-11,13,15H2,1-3H3. The summed E-state index contributed by atoms with van der Waals surface area (Å²) in [7, 11) is 0. The smallest absolute Gasteiger partial charge is 0.110 e. The summed E-state index contributed by atoms with van der Waals surface area (Å²) in [4.78, 5) is 4.54. The largest absolute Gasteiger partial charge is 0.335 e. The highest BCUT2D eigenvalue weighted by atomic mass is 15.1. The van der Waals surface area contributed by atoms with E-state index in [1.165, 1.54) is 50.8 Å². The predicted octanol–water partition coefficient (Wildman–Crippen LogP) is 4.17. The minimum atomic E-state index is 0.583. The van der Waals surface area contributed by atoms with Gasteiger partial charge in [0, 0.05) is 31.4 Å². The van der Waals surface area contributed by atoms with E-state index in [9.17, 15) is 0 Å². The van der Waals surface area contributed by atoms with Crippen molar-refractivity contribution >= 4 is 0 Å². The second-order valence-electron chi connectivity index (χ2n) is 5.70. The quantitative estimate of drug-likeness (QED) is 0.582. The van der Waals surface area contributed by atoms with Crippen molar-refractivity contribution in [3.8, 4) is 0 Å². The van der Waals surface area contributed by atoms with Crippen molar-refractivity contribution in [1.82, 2.24) is 14.9 Å². The molecule has 0 aliphatic rings. The molecule has 0 aromatic carbocycles. The highest BCUT2D eigenvalue weighted by Gasteiger charge is 2.11. The molecule has 0 saturated heterocycles. The Kier molecular flexibility index (Phi) is 9.38. The van der Waals surface area contributed by atoms with Crippen LogP contribution in [0.1, 0.15) is 71.5 Å². The van der Waals surface area contributed by atoms with Crippen molar-refractivity contribution in [2.45, 2.75) is 84.7 Å². The van der Waals surface area contributed by atoms with Gasteiger partial charge in [-0.3, -0.25) is 0 Å². The molecule has 1 heterocycles. The van der Waals surface area contributed by atoms with Crippen LogP contribution in [-0.4, -0.2) is 22.1 Å². The summed E-state index contributed by atoms with van der Waals surface area (Å²) in [5.41, 5.74) is 0. The van der Waals surface area contributed by atoms with Gasteiger partial charge in [0.2, 0.25) is 0 Å². The minimum absolute atomic E-state index is 0.583. The molecule has 0 bridgehead atoms. The zero-order valence-corrected chi connectivity index (χ0v) is 13.7. The Morgan fingerprint density at radius 3 is 2.60 bits per heavy atom. The first-order valence-electron chi connectivity index (χ1n) is 8.55. The van der Waals surface area contributed by atoms with Crippen molar-refractivity contribution < 1.29 is 0 Å². The predicted molar refractivity (Wildman–Crippen MR) is 87.1 cm³/mol. The van der Waals surface area contributed by atoms with Crippen LogP contribution in [-0.2, 0) is 13.0 Å². The Morgan fingerprint density at radius 1 is 1.10 bits per heavy atom. The zero-order chi connectivity index (χ0) is 14.6. The molecule has 0 spiro atoms. The third-order valence-electron chi connectivity index (χ3n) is 3.84. The number of nitrogens with zero attached hydrogens (tertiary/aromatic N) is 2. The van der Waals surface area contributed by atoms with Crippen LogP contribution >= 0.6 is 0 Å². The van der Waals surface area contributed by atoms with E-state index in [4.69, 9.17) is 0 Å². The van der Waals surface area contributed by atoms with Crippen molar-refractivity contribution in [2.75, 3.05) is 6.54 Å². The molecule has 1 unspecified atom stereocenters. The number of aromatic nitrogens is 2. The van der Waals surface area contributed by atoms with Crippen molar-refractivity contribution in [2.24, 2.45) is 0 Å². The molecule has 1 N–H and O–H groups in total. The lowest BCUT2D eigenvalue weighted by atomic mass is 10.0. The number of unbranched alkanes of at least 4 members (excludes halogenated alkanes) is 4. The summed E-state index contributed by atoms with van der Waals surface area (Å²) in [6.07, 6.45) is 14.4. The van der Waals surface area contributed by atoms with Gasteiger partial charge in [-0.2, -0.15) is 0 Å². The van der Waals surface area contributed by atoms with E-state index in [0.717, 1.165) is 19.5 Å². The van der Waals surface area contributed by atoms with Gasteiger partial charge in [0.05, 0.1) is 0 Å². The summed E-state index contributed by atoms with van der Waals surface area (Å²) in [6.45, 7) is 8.83. The first-order chi connectivity index (χ1) is 9.81. The fourth-order valence-electron chi connectivity index (χ4n) is 2.75. The van der Waals surface area contributed by atoms with E-state index >= 15 is 0 Å². The summed E-state index contributed by atoms with van der Waals surface area (Å²) in [5.74, 6) is 1.24. The molecule has 0 aliphatic heterocycles. The number of rotatable bonds is 12. The van der Waals surface area contributed by atoms with Gasteiger partial charge in [0.15, 0.2) is 0 Å². The fourth-order valence-corrected chi connectivity index (χ4v) is 2.75. The van der Waals surface area contributed by atoms with Crippen LogP contribution < -0.4 is 5.32 Å². The molecule has 3 nitrogen and oxygen atoms in total. The van der Waals surface area contributed by atoms with Gasteiger partial charge in [0.1, 0.15) is 5.82 Å².